The average Bonchev–Trinajstić information content (AvgIpc) is 2.95. The summed E-state index contributed by atoms with van der Waals surface area (Å²) in [6.07, 6.45) is 5.31. The number of fused-ring (bicyclic) bond motifs is 1. The molecule has 0 unspecified atom stereocenters. The van der Waals surface area contributed by atoms with Crippen LogP contribution >= 0.6 is 11.6 Å². The number of halogens is 1. The van der Waals surface area contributed by atoms with Gasteiger partial charge in [0.2, 0.25) is 0 Å². The molecule has 0 saturated carbocycles. The van der Waals surface area contributed by atoms with E-state index in [9.17, 15) is 4.79 Å². The predicted molar refractivity (Wildman–Crippen MR) is 156 cm³/mol. The molecule has 0 spiro atoms. The van der Waals surface area contributed by atoms with Crippen LogP contribution in [0, 0.1) is 0 Å². The molecular formula is C29H31ClN6O3. The van der Waals surface area contributed by atoms with Crippen molar-refractivity contribution in [2.24, 2.45) is 0 Å². The second-order valence-electron chi connectivity index (χ2n) is 9.26. The van der Waals surface area contributed by atoms with Gasteiger partial charge in [0.25, 0.3) is 0 Å². The topological polar surface area (TPSA) is 101 Å². The number of ether oxygens (including phenoxy) is 2. The van der Waals surface area contributed by atoms with Crippen LogP contribution in [0.4, 0.5) is 27.7 Å². The monoisotopic (exact) mass is 546 g/mol. The second-order valence-corrected chi connectivity index (χ2v) is 9.67. The zero-order valence-corrected chi connectivity index (χ0v) is 22.5. The summed E-state index contributed by atoms with van der Waals surface area (Å²) in [6, 6.07) is 17.8. The molecule has 2 heterocycles. The van der Waals surface area contributed by atoms with Gasteiger partial charge in [0.1, 0.15) is 18.8 Å². The first-order valence-corrected chi connectivity index (χ1v) is 13.3. The molecule has 3 N–H and O–H groups in total. The van der Waals surface area contributed by atoms with E-state index >= 15 is 0 Å². The molecule has 1 aromatic heterocycles. The summed E-state index contributed by atoms with van der Waals surface area (Å²) in [5.74, 6) is 1.86. The summed E-state index contributed by atoms with van der Waals surface area (Å²) in [5, 5.41) is 9.99. The molecule has 202 valence electrons. The Morgan fingerprint density at radius 1 is 0.949 bits per heavy atom. The quantitative estimate of drug-likeness (QED) is 0.219. The third-order valence-electron chi connectivity index (χ3n) is 6.55. The van der Waals surface area contributed by atoms with Crippen LogP contribution in [-0.4, -0.2) is 54.2 Å². The number of carbonyl (C=O) groups excluding carboxylic acids is 1. The van der Waals surface area contributed by atoms with E-state index in [4.69, 9.17) is 21.1 Å². The van der Waals surface area contributed by atoms with Crippen LogP contribution in [0.1, 0.15) is 19.3 Å². The number of carbonyl (C=O) groups is 1. The Hall–Kier alpha value is -4.08. The molecule has 1 saturated heterocycles. The second kappa shape index (κ2) is 12.6. The van der Waals surface area contributed by atoms with Crippen molar-refractivity contribution in [2.75, 3.05) is 49.3 Å². The van der Waals surface area contributed by atoms with Crippen molar-refractivity contribution in [3.05, 3.63) is 72.0 Å². The minimum atomic E-state index is -0.383. The lowest BCUT2D eigenvalue weighted by Gasteiger charge is -2.26. The molecule has 10 heteroatoms. The number of benzene rings is 3. The molecule has 9 nitrogen and oxygen atoms in total. The molecule has 5 rings (SSSR count). The molecule has 39 heavy (non-hydrogen) atoms. The van der Waals surface area contributed by atoms with Crippen LogP contribution < -0.4 is 25.4 Å². The number of urea groups is 1. The van der Waals surface area contributed by atoms with Gasteiger partial charge in [-0.1, -0.05) is 36.2 Å². The predicted octanol–water partition coefficient (Wildman–Crippen LogP) is 6.54. The number of aromatic nitrogens is 2. The normalized spacial score (nSPS) is 13.6. The lowest BCUT2D eigenvalue weighted by Crippen LogP contribution is -2.33. The Kier molecular flexibility index (Phi) is 8.60. The molecule has 0 bridgehead atoms. The number of hydrogen-bond acceptors (Lipinski definition) is 7. The molecule has 1 fully saturated rings. The first kappa shape index (κ1) is 26.5. The summed E-state index contributed by atoms with van der Waals surface area (Å²) in [5.41, 5.74) is 2.60. The van der Waals surface area contributed by atoms with Gasteiger partial charge in [0, 0.05) is 29.4 Å². The lowest BCUT2D eigenvalue weighted by molar-refractivity contribution is 0.181. The molecule has 0 atom stereocenters. The summed E-state index contributed by atoms with van der Waals surface area (Å²) in [4.78, 5) is 23.7. The van der Waals surface area contributed by atoms with Crippen molar-refractivity contribution in [3.8, 4) is 11.5 Å². The number of amides is 2. The first-order chi connectivity index (χ1) is 19.1. The van der Waals surface area contributed by atoms with Crippen molar-refractivity contribution in [1.29, 1.82) is 0 Å². The molecule has 2 amide bonds. The van der Waals surface area contributed by atoms with Crippen molar-refractivity contribution < 1.29 is 14.3 Å². The van der Waals surface area contributed by atoms with Crippen LogP contribution in [0.2, 0.25) is 5.02 Å². The number of rotatable bonds is 9. The Morgan fingerprint density at radius 2 is 1.77 bits per heavy atom. The van der Waals surface area contributed by atoms with Crippen molar-refractivity contribution in [2.45, 2.75) is 19.3 Å². The van der Waals surface area contributed by atoms with E-state index in [1.54, 1.807) is 31.4 Å². The maximum Gasteiger partial charge on any atom is 0.323 e. The molecule has 4 aromatic rings. The van der Waals surface area contributed by atoms with Gasteiger partial charge in [-0.15, -0.1) is 0 Å². The van der Waals surface area contributed by atoms with Gasteiger partial charge in [-0.2, -0.15) is 0 Å². The van der Waals surface area contributed by atoms with Crippen LogP contribution in [0.3, 0.4) is 0 Å². The van der Waals surface area contributed by atoms with Crippen molar-refractivity contribution in [1.82, 2.24) is 14.9 Å². The van der Waals surface area contributed by atoms with Crippen LogP contribution in [0.5, 0.6) is 11.5 Å². The third-order valence-corrected chi connectivity index (χ3v) is 6.86. The lowest BCUT2D eigenvalue weighted by atomic mass is 10.1. The number of para-hydroxylation sites is 1. The van der Waals surface area contributed by atoms with E-state index in [2.05, 4.69) is 30.8 Å². The van der Waals surface area contributed by atoms with Gasteiger partial charge in [0.05, 0.1) is 23.3 Å². The SMILES string of the molecule is COc1cc2c(Nc3ccc(NC(=O)Nc4ccccc4)c(Cl)c3)ncnc2cc1OCCN1CCCCC1. The maximum absolute atomic E-state index is 12.4. The number of nitrogens with one attached hydrogen (secondary N) is 3. The van der Waals surface area contributed by atoms with Gasteiger partial charge in [-0.05, 0) is 62.3 Å². The Bertz CT molecular complexity index is 1430. The number of methoxy groups -OCH3 is 1. The Balaban J connectivity index is 1.27. The van der Waals surface area contributed by atoms with Crippen LogP contribution in [-0.2, 0) is 0 Å². The summed E-state index contributed by atoms with van der Waals surface area (Å²) in [7, 11) is 1.62. The van der Waals surface area contributed by atoms with E-state index in [-0.39, 0.29) is 6.03 Å². The molecule has 3 aromatic carbocycles. The van der Waals surface area contributed by atoms with Gasteiger partial charge in [0.15, 0.2) is 11.5 Å². The van der Waals surface area contributed by atoms with Gasteiger partial charge < -0.3 is 25.4 Å². The summed E-state index contributed by atoms with van der Waals surface area (Å²) < 4.78 is 11.7. The van der Waals surface area contributed by atoms with Crippen molar-refractivity contribution in [3.63, 3.8) is 0 Å². The molecule has 0 aliphatic carbocycles. The molecular weight excluding hydrogens is 516 g/mol. The highest BCUT2D eigenvalue weighted by Crippen LogP contribution is 2.35. The number of hydrogen-bond donors (Lipinski definition) is 3. The van der Waals surface area contributed by atoms with E-state index in [0.29, 0.717) is 46.0 Å². The fourth-order valence-corrected chi connectivity index (χ4v) is 4.77. The van der Waals surface area contributed by atoms with Gasteiger partial charge >= 0.3 is 6.03 Å². The molecule has 1 aliphatic rings. The largest absolute Gasteiger partial charge is 0.493 e. The zero-order valence-electron chi connectivity index (χ0n) is 21.7. The van der Waals surface area contributed by atoms with Gasteiger partial charge in [-0.25, -0.2) is 14.8 Å². The van der Waals surface area contributed by atoms with Crippen LogP contribution in [0.25, 0.3) is 10.9 Å². The Morgan fingerprint density at radius 3 is 2.54 bits per heavy atom. The summed E-state index contributed by atoms with van der Waals surface area (Å²) >= 11 is 6.48. The van der Waals surface area contributed by atoms with E-state index in [0.717, 1.165) is 30.5 Å². The highest BCUT2D eigenvalue weighted by Gasteiger charge is 2.15. The third kappa shape index (κ3) is 6.87. The standard InChI is InChI=1S/C29H31ClN6O3/c1-38-26-17-22-25(18-27(26)39-15-14-36-12-6-3-7-13-36)31-19-32-28(22)33-21-10-11-24(23(30)16-21)35-29(37)34-20-8-4-2-5-9-20/h2,4-5,8-11,16-19H,3,6-7,12-15H2,1H3,(H,31,32,33)(H2,34,35,37). The van der Waals surface area contributed by atoms with E-state index < -0.39 is 0 Å². The van der Waals surface area contributed by atoms with Crippen molar-refractivity contribution >= 4 is 51.4 Å². The van der Waals surface area contributed by atoms with E-state index in [1.165, 1.54) is 25.6 Å². The minimum absolute atomic E-state index is 0.378. The van der Waals surface area contributed by atoms with Gasteiger partial charge in [-0.3, -0.25) is 4.90 Å². The molecule has 0 radical (unpaired) electrons. The highest BCUT2D eigenvalue weighted by atomic mass is 35.5. The number of likely N-dealkylation sites (tertiary alicyclic amines) is 1. The highest BCUT2D eigenvalue weighted by molar-refractivity contribution is 6.34. The summed E-state index contributed by atoms with van der Waals surface area (Å²) in [6.45, 7) is 3.72. The minimum Gasteiger partial charge on any atom is -0.493 e. The number of nitrogens with zero attached hydrogens (tertiary/aromatic N) is 3. The molecule has 1 aliphatic heterocycles. The maximum atomic E-state index is 12.4. The number of piperidine rings is 1. The van der Waals surface area contributed by atoms with E-state index in [1.807, 2.05) is 36.4 Å². The first-order valence-electron chi connectivity index (χ1n) is 13.0. The average molecular weight is 547 g/mol. The number of anilines is 4. The Labute approximate surface area is 232 Å². The fraction of sp³-hybridized carbons (Fsp3) is 0.276. The van der Waals surface area contributed by atoms with Crippen LogP contribution in [0.15, 0.2) is 67.0 Å². The zero-order chi connectivity index (χ0) is 27.0. The fourth-order valence-electron chi connectivity index (χ4n) is 4.54. The smallest absolute Gasteiger partial charge is 0.323 e.